The van der Waals surface area contributed by atoms with Crippen LogP contribution in [0.4, 0.5) is 0 Å². The Morgan fingerprint density at radius 2 is 2.19 bits per heavy atom. The molecule has 1 aromatic heterocycles. The molecular weight excluding hydrogens is 206 g/mol. The fourth-order valence-electron chi connectivity index (χ4n) is 1.24. The average molecular weight is 223 g/mol. The maximum absolute atomic E-state index is 11.0. The van der Waals surface area contributed by atoms with E-state index < -0.39 is 0 Å². The Morgan fingerprint density at radius 3 is 2.81 bits per heavy atom. The second kappa shape index (κ2) is 6.07. The average Bonchev–Trinajstić information content (AvgIpc) is 2.28. The van der Waals surface area contributed by atoms with E-state index in [2.05, 4.69) is 15.6 Å². The number of aromatic nitrogens is 1. The highest BCUT2D eigenvalue weighted by molar-refractivity contribution is 5.77. The quantitative estimate of drug-likeness (QED) is 0.750. The lowest BCUT2D eigenvalue weighted by molar-refractivity contribution is -0.122. The van der Waals surface area contributed by atoms with E-state index >= 15 is 0 Å². The zero-order valence-electron chi connectivity index (χ0n) is 9.83. The van der Waals surface area contributed by atoms with Crippen LogP contribution in [0.25, 0.3) is 0 Å². The van der Waals surface area contributed by atoms with Crippen molar-refractivity contribution < 1.29 is 9.53 Å². The number of hydrogen-bond acceptors (Lipinski definition) is 4. The molecule has 0 saturated carbocycles. The topological polar surface area (TPSA) is 63.3 Å². The third-order valence-electron chi connectivity index (χ3n) is 2.05. The lowest BCUT2D eigenvalue weighted by Gasteiger charge is -2.10. The Labute approximate surface area is 95.2 Å². The summed E-state index contributed by atoms with van der Waals surface area (Å²) in [6.45, 7) is 2.55. The van der Waals surface area contributed by atoms with Crippen LogP contribution in [0.15, 0.2) is 12.1 Å². The van der Waals surface area contributed by atoms with Gasteiger partial charge in [-0.1, -0.05) is 0 Å². The molecule has 0 unspecified atom stereocenters. The van der Waals surface area contributed by atoms with E-state index in [0.717, 1.165) is 11.4 Å². The van der Waals surface area contributed by atoms with Crippen molar-refractivity contribution in [2.75, 3.05) is 20.7 Å². The van der Waals surface area contributed by atoms with Crippen LogP contribution in [0.1, 0.15) is 11.4 Å². The molecule has 0 bridgehead atoms. The van der Waals surface area contributed by atoms with Crippen molar-refractivity contribution in [3.05, 3.63) is 23.5 Å². The third-order valence-corrected chi connectivity index (χ3v) is 2.05. The predicted octanol–water partition coefficient (Wildman–Crippen LogP) is 0.234. The molecule has 2 N–H and O–H groups in total. The van der Waals surface area contributed by atoms with Gasteiger partial charge in [-0.05, 0) is 26.1 Å². The number of nitrogens with zero attached hydrogens (tertiary/aromatic N) is 1. The molecule has 0 aliphatic rings. The van der Waals surface area contributed by atoms with E-state index in [1.54, 1.807) is 7.05 Å². The lowest BCUT2D eigenvalue weighted by Crippen LogP contribution is -2.25. The summed E-state index contributed by atoms with van der Waals surface area (Å²) in [4.78, 5) is 15.4. The Hall–Kier alpha value is -1.62. The molecule has 5 heteroatoms. The molecule has 0 aliphatic heterocycles. The van der Waals surface area contributed by atoms with Crippen LogP contribution in [0.2, 0.25) is 0 Å². The van der Waals surface area contributed by atoms with Crippen molar-refractivity contribution in [2.24, 2.45) is 0 Å². The maximum atomic E-state index is 11.0. The molecule has 0 aliphatic carbocycles. The van der Waals surface area contributed by atoms with E-state index in [0.29, 0.717) is 12.3 Å². The number of aryl methyl sites for hydroxylation is 1. The van der Waals surface area contributed by atoms with Crippen LogP contribution >= 0.6 is 0 Å². The molecular formula is C11H17N3O2. The van der Waals surface area contributed by atoms with Crippen molar-refractivity contribution >= 4 is 5.91 Å². The lowest BCUT2D eigenvalue weighted by atomic mass is 10.3. The van der Waals surface area contributed by atoms with Gasteiger partial charge in [0.25, 0.3) is 5.91 Å². The summed E-state index contributed by atoms with van der Waals surface area (Å²) in [5.74, 6) is 0.486. The summed E-state index contributed by atoms with van der Waals surface area (Å²) in [6, 6.07) is 3.69. The van der Waals surface area contributed by atoms with Gasteiger partial charge in [0, 0.05) is 19.3 Å². The smallest absolute Gasteiger partial charge is 0.257 e. The van der Waals surface area contributed by atoms with Gasteiger partial charge in [-0.2, -0.15) is 0 Å². The van der Waals surface area contributed by atoms with E-state index in [-0.39, 0.29) is 12.5 Å². The van der Waals surface area contributed by atoms with Crippen LogP contribution in [-0.4, -0.2) is 31.6 Å². The Balaban J connectivity index is 2.73. The zero-order valence-corrected chi connectivity index (χ0v) is 9.83. The third kappa shape index (κ3) is 3.51. The molecule has 0 spiro atoms. The van der Waals surface area contributed by atoms with E-state index in [1.165, 1.54) is 0 Å². The SMILES string of the molecule is CNCc1nc(C)ccc1OCC(=O)NC. The summed E-state index contributed by atoms with van der Waals surface area (Å²) in [5, 5.41) is 5.51. The molecule has 16 heavy (non-hydrogen) atoms. The van der Waals surface area contributed by atoms with Gasteiger partial charge in [0.05, 0.1) is 5.69 Å². The first-order chi connectivity index (χ1) is 7.67. The highest BCUT2D eigenvalue weighted by Crippen LogP contribution is 2.16. The highest BCUT2D eigenvalue weighted by atomic mass is 16.5. The molecule has 5 nitrogen and oxygen atoms in total. The number of hydrogen-bond donors (Lipinski definition) is 2. The van der Waals surface area contributed by atoms with Gasteiger partial charge >= 0.3 is 0 Å². The number of likely N-dealkylation sites (N-methyl/N-ethyl adjacent to an activating group) is 1. The predicted molar refractivity (Wildman–Crippen MR) is 61.3 cm³/mol. The largest absolute Gasteiger partial charge is 0.482 e. The van der Waals surface area contributed by atoms with E-state index in [4.69, 9.17) is 4.74 Å². The number of nitrogens with one attached hydrogen (secondary N) is 2. The molecule has 0 radical (unpaired) electrons. The van der Waals surface area contributed by atoms with Gasteiger partial charge in [0.15, 0.2) is 6.61 Å². The number of pyridine rings is 1. The first kappa shape index (κ1) is 12.4. The minimum absolute atomic E-state index is 0.0119. The first-order valence-corrected chi connectivity index (χ1v) is 5.12. The van der Waals surface area contributed by atoms with Gasteiger partial charge in [-0.15, -0.1) is 0 Å². The van der Waals surface area contributed by atoms with Crippen molar-refractivity contribution in [3.63, 3.8) is 0 Å². The molecule has 0 fully saturated rings. The van der Waals surface area contributed by atoms with Gasteiger partial charge < -0.3 is 15.4 Å². The normalized spacial score (nSPS) is 9.94. The highest BCUT2D eigenvalue weighted by Gasteiger charge is 2.06. The monoisotopic (exact) mass is 223 g/mol. The van der Waals surface area contributed by atoms with Gasteiger partial charge in [0.1, 0.15) is 5.75 Å². The van der Waals surface area contributed by atoms with E-state index in [1.807, 2.05) is 26.1 Å². The Morgan fingerprint density at radius 1 is 1.44 bits per heavy atom. The van der Waals surface area contributed by atoms with Gasteiger partial charge in [-0.3, -0.25) is 9.78 Å². The number of carbonyl (C=O) groups excluding carboxylic acids is 1. The van der Waals surface area contributed by atoms with Crippen LogP contribution in [0.3, 0.4) is 0 Å². The van der Waals surface area contributed by atoms with Crippen LogP contribution < -0.4 is 15.4 Å². The minimum Gasteiger partial charge on any atom is -0.482 e. The maximum Gasteiger partial charge on any atom is 0.257 e. The molecule has 1 aromatic rings. The minimum atomic E-state index is -0.156. The molecule has 1 amide bonds. The Kier molecular flexibility index (Phi) is 4.72. The second-order valence-corrected chi connectivity index (χ2v) is 3.39. The molecule has 1 heterocycles. The molecule has 1 rings (SSSR count). The Bertz CT molecular complexity index is 366. The summed E-state index contributed by atoms with van der Waals surface area (Å²) < 4.78 is 5.38. The van der Waals surface area contributed by atoms with Gasteiger partial charge in [-0.25, -0.2) is 0 Å². The number of carbonyl (C=O) groups is 1. The summed E-state index contributed by atoms with van der Waals surface area (Å²) in [6.07, 6.45) is 0. The van der Waals surface area contributed by atoms with Crippen molar-refractivity contribution in [1.29, 1.82) is 0 Å². The number of rotatable bonds is 5. The van der Waals surface area contributed by atoms with Crippen molar-refractivity contribution in [1.82, 2.24) is 15.6 Å². The van der Waals surface area contributed by atoms with Crippen LogP contribution in [0, 0.1) is 6.92 Å². The zero-order chi connectivity index (χ0) is 12.0. The van der Waals surface area contributed by atoms with Crippen LogP contribution in [-0.2, 0) is 11.3 Å². The molecule has 88 valence electrons. The number of ether oxygens (including phenoxy) is 1. The summed E-state index contributed by atoms with van der Waals surface area (Å²) in [7, 11) is 3.42. The summed E-state index contributed by atoms with van der Waals surface area (Å²) in [5.41, 5.74) is 1.74. The fourth-order valence-corrected chi connectivity index (χ4v) is 1.24. The van der Waals surface area contributed by atoms with Crippen molar-refractivity contribution in [2.45, 2.75) is 13.5 Å². The van der Waals surface area contributed by atoms with Gasteiger partial charge in [0.2, 0.25) is 0 Å². The van der Waals surface area contributed by atoms with E-state index in [9.17, 15) is 4.79 Å². The van der Waals surface area contributed by atoms with Crippen molar-refractivity contribution in [3.8, 4) is 5.75 Å². The standard InChI is InChI=1S/C11H17N3O2/c1-8-4-5-10(9(14-8)6-12-2)16-7-11(15)13-3/h4-5,12H,6-7H2,1-3H3,(H,13,15). The first-order valence-electron chi connectivity index (χ1n) is 5.12. The molecule has 0 aromatic carbocycles. The molecule has 0 atom stereocenters. The van der Waals surface area contributed by atoms with Crippen LogP contribution in [0.5, 0.6) is 5.75 Å². The second-order valence-electron chi connectivity index (χ2n) is 3.39. The summed E-state index contributed by atoms with van der Waals surface area (Å²) >= 11 is 0. The molecule has 0 saturated heterocycles. The fraction of sp³-hybridized carbons (Fsp3) is 0.455. The number of amides is 1.